The molecule has 0 amide bonds. The minimum Gasteiger partial charge on any atom is -0.436 e. The van der Waals surface area contributed by atoms with Crippen LogP contribution in [0.15, 0.2) is 447 Å². The van der Waals surface area contributed by atoms with E-state index in [1.807, 2.05) is 6.07 Å². The number of hydrogen-bond donors (Lipinski definition) is 0. The van der Waals surface area contributed by atoms with Crippen LogP contribution in [-0.4, -0.2) is 18.7 Å². The van der Waals surface area contributed by atoms with E-state index in [9.17, 15) is 0 Å². The Kier molecular flexibility index (Phi) is 17.1. The van der Waals surface area contributed by atoms with Crippen LogP contribution in [0.2, 0.25) is 0 Å². The third-order valence-corrected chi connectivity index (χ3v) is 24.6. The second kappa shape index (κ2) is 29.3. The molecule has 25 rings (SSSR count). The molecule has 566 valence electrons. The molecule has 0 N–H and O–H groups in total. The first-order valence-corrected chi connectivity index (χ1v) is 41.6. The minimum absolute atomic E-state index is 0.636. The first kappa shape index (κ1) is 70.5. The standard InChI is InChI=1S/C39H24N2O.C39H27N.C38H25N/c1-2-12-25(13-3-1)37-29-16-4-6-18-31(29)38(32-19-7-5-17-30(32)37)39-40-33-24-26(22-23-36(33)42-39)41-34-20-10-8-14-27(34)28-15-9-11-21-35(28)41;1-26-21-23-27(24-22-26)38-32-15-2-4-17-34(32)39(35-18-5-3-16-33(35)38)28-11-10-12-29(25-28)40-36-19-8-6-13-30(36)31-14-7-9-20-37(31)40;1-2-13-26(14-3-1)37-31-19-4-6-21-33(31)38(34-22-7-5-20-32(34)37)27-15-12-16-28(25-27)39-35-23-10-8-17-29(35)30-18-9-11-24-36(30)39/h1-24H;2-25H,1H3;1-25H. The Bertz CT molecular complexity index is 8080. The summed E-state index contributed by atoms with van der Waals surface area (Å²) in [6.45, 7) is 2.15. The first-order chi connectivity index (χ1) is 60.0. The van der Waals surface area contributed by atoms with Crippen LogP contribution in [0.3, 0.4) is 0 Å². The summed E-state index contributed by atoms with van der Waals surface area (Å²) in [5.74, 6) is 0.636. The molecule has 0 atom stereocenters. The molecule has 0 aliphatic carbocycles. The quantitative estimate of drug-likeness (QED) is 0.135. The van der Waals surface area contributed by atoms with Gasteiger partial charge in [-0.2, -0.15) is 0 Å². The molecule has 5 nitrogen and oxygen atoms in total. The number of oxazole rings is 1. The molecule has 4 heterocycles. The van der Waals surface area contributed by atoms with E-state index >= 15 is 0 Å². The van der Waals surface area contributed by atoms with E-state index in [2.05, 4.69) is 457 Å². The van der Waals surface area contributed by atoms with Gasteiger partial charge in [-0.15, -0.1) is 0 Å². The molecule has 0 saturated heterocycles. The summed E-state index contributed by atoms with van der Waals surface area (Å²) in [5, 5.41) is 22.4. The maximum atomic E-state index is 6.54. The van der Waals surface area contributed by atoms with E-state index in [1.54, 1.807) is 0 Å². The molecular weight excluding hydrogens is 1470 g/mol. The number of aromatic nitrogens is 4. The lowest BCUT2D eigenvalue weighted by Gasteiger charge is -2.18. The predicted octanol–water partition coefficient (Wildman–Crippen LogP) is 31.7. The second-order valence-electron chi connectivity index (χ2n) is 31.5. The van der Waals surface area contributed by atoms with Gasteiger partial charge in [-0.1, -0.05) is 370 Å². The maximum Gasteiger partial charge on any atom is 0.228 e. The number of benzene rings is 21. The third-order valence-electron chi connectivity index (χ3n) is 24.6. The first-order valence-electron chi connectivity index (χ1n) is 41.6. The Morgan fingerprint density at radius 3 is 0.711 bits per heavy atom. The Morgan fingerprint density at radius 2 is 0.413 bits per heavy atom. The maximum absolute atomic E-state index is 6.54. The molecule has 0 aliphatic heterocycles. The fourth-order valence-corrected chi connectivity index (χ4v) is 19.5. The number of aryl methyl sites for hydroxylation is 1. The second-order valence-corrected chi connectivity index (χ2v) is 31.5. The molecule has 0 radical (unpaired) electrons. The highest BCUT2D eigenvalue weighted by Gasteiger charge is 2.25. The predicted molar refractivity (Wildman–Crippen MR) is 512 cm³/mol. The Labute approximate surface area is 699 Å². The highest BCUT2D eigenvalue weighted by Crippen LogP contribution is 2.49. The number of rotatable bonds is 9. The molecular formula is C116H76N4O. The number of nitrogens with zero attached hydrogens (tertiary/aromatic N) is 4. The summed E-state index contributed by atoms with van der Waals surface area (Å²) in [4.78, 5) is 5.14. The van der Waals surface area contributed by atoms with Crippen LogP contribution in [0.5, 0.6) is 0 Å². The van der Waals surface area contributed by atoms with Crippen molar-refractivity contribution >= 4 is 141 Å². The van der Waals surface area contributed by atoms with Crippen molar-refractivity contribution in [3.05, 3.63) is 448 Å². The van der Waals surface area contributed by atoms with Gasteiger partial charge in [0.1, 0.15) is 5.52 Å². The van der Waals surface area contributed by atoms with Crippen molar-refractivity contribution < 1.29 is 4.42 Å². The molecule has 0 saturated carbocycles. The van der Waals surface area contributed by atoms with Crippen LogP contribution in [0.1, 0.15) is 5.56 Å². The number of fused-ring (bicyclic) bond motifs is 16. The number of para-hydroxylation sites is 6. The molecule has 0 fully saturated rings. The average Bonchev–Trinajstić information content (AvgIpc) is 0.984. The summed E-state index contributed by atoms with van der Waals surface area (Å²) >= 11 is 0. The van der Waals surface area contributed by atoms with Crippen LogP contribution < -0.4 is 0 Å². The van der Waals surface area contributed by atoms with E-state index in [1.165, 1.54) is 192 Å². The van der Waals surface area contributed by atoms with Gasteiger partial charge in [0.25, 0.3) is 0 Å². The third kappa shape index (κ3) is 11.8. The largest absolute Gasteiger partial charge is 0.436 e. The topological polar surface area (TPSA) is 40.8 Å². The van der Waals surface area contributed by atoms with Gasteiger partial charge in [-0.25, -0.2) is 4.98 Å². The molecule has 25 aromatic rings. The van der Waals surface area contributed by atoms with Crippen LogP contribution in [0.25, 0.3) is 225 Å². The zero-order chi connectivity index (χ0) is 80.0. The van der Waals surface area contributed by atoms with Crippen molar-refractivity contribution in [2.75, 3.05) is 0 Å². The van der Waals surface area contributed by atoms with E-state index < -0.39 is 0 Å². The molecule has 0 aliphatic rings. The summed E-state index contributed by atoms with van der Waals surface area (Å²) in [6, 6.07) is 159. The summed E-state index contributed by atoms with van der Waals surface area (Å²) < 4.78 is 13.7. The fraction of sp³-hybridized carbons (Fsp3) is 0.00862. The fourth-order valence-electron chi connectivity index (χ4n) is 19.5. The number of hydrogen-bond acceptors (Lipinski definition) is 2. The van der Waals surface area contributed by atoms with Crippen molar-refractivity contribution in [3.8, 4) is 84.2 Å². The van der Waals surface area contributed by atoms with Crippen LogP contribution in [-0.2, 0) is 0 Å². The molecule has 0 bridgehead atoms. The van der Waals surface area contributed by atoms with Crippen molar-refractivity contribution in [1.29, 1.82) is 0 Å². The molecule has 21 aromatic carbocycles. The van der Waals surface area contributed by atoms with Gasteiger partial charge in [0.15, 0.2) is 5.58 Å². The van der Waals surface area contributed by atoms with Crippen LogP contribution >= 0.6 is 0 Å². The summed E-state index contributed by atoms with van der Waals surface area (Å²) in [5.41, 5.74) is 27.1. The van der Waals surface area contributed by atoms with E-state index in [0.29, 0.717) is 5.89 Å². The van der Waals surface area contributed by atoms with Gasteiger partial charge in [0.2, 0.25) is 5.89 Å². The SMILES string of the molecule is Cc1ccc(-c2c3ccccc3c(-c3cccc(-n4c5ccccc5c5ccccc54)c3)c3ccccc23)cc1.c1ccc(-c2c3ccccc3c(-c3cccc(-n4c5ccccc5c5ccccc54)c3)c3ccccc23)cc1.c1ccc(-c2c3ccccc3c(-c3nc4cc(-n5c6ccccc6c6ccccc65)ccc4o3)c3ccccc23)cc1. The van der Waals surface area contributed by atoms with Crippen molar-refractivity contribution in [2.24, 2.45) is 0 Å². The van der Waals surface area contributed by atoms with Crippen LogP contribution in [0, 0.1) is 6.92 Å². The van der Waals surface area contributed by atoms with Gasteiger partial charge in [0, 0.05) is 49.4 Å². The van der Waals surface area contributed by atoms with Gasteiger partial charge in [0.05, 0.1) is 38.7 Å². The zero-order valence-corrected chi connectivity index (χ0v) is 66.3. The van der Waals surface area contributed by atoms with E-state index in [0.717, 1.165) is 33.1 Å². The summed E-state index contributed by atoms with van der Waals surface area (Å²) in [7, 11) is 0. The lowest BCUT2D eigenvalue weighted by molar-refractivity contribution is 0.621. The Balaban J connectivity index is 0.000000106. The van der Waals surface area contributed by atoms with Gasteiger partial charge in [-0.3, -0.25) is 0 Å². The Morgan fingerprint density at radius 1 is 0.182 bits per heavy atom. The lowest BCUT2D eigenvalue weighted by Crippen LogP contribution is -1.95. The smallest absolute Gasteiger partial charge is 0.228 e. The van der Waals surface area contributed by atoms with E-state index in [4.69, 9.17) is 9.40 Å². The molecule has 0 unspecified atom stereocenters. The van der Waals surface area contributed by atoms with E-state index in [-0.39, 0.29) is 0 Å². The zero-order valence-electron chi connectivity index (χ0n) is 66.3. The molecule has 121 heavy (non-hydrogen) atoms. The monoisotopic (exact) mass is 1540 g/mol. The van der Waals surface area contributed by atoms with Crippen molar-refractivity contribution in [3.63, 3.8) is 0 Å². The Hall–Kier alpha value is -16.0. The van der Waals surface area contributed by atoms with Gasteiger partial charge < -0.3 is 18.1 Å². The van der Waals surface area contributed by atoms with Crippen molar-refractivity contribution in [1.82, 2.24) is 18.7 Å². The summed E-state index contributed by atoms with van der Waals surface area (Å²) in [6.07, 6.45) is 0. The average molecular weight is 1540 g/mol. The highest BCUT2D eigenvalue weighted by molar-refractivity contribution is 6.25. The van der Waals surface area contributed by atoms with Crippen molar-refractivity contribution in [2.45, 2.75) is 6.92 Å². The van der Waals surface area contributed by atoms with Crippen LogP contribution in [0.4, 0.5) is 0 Å². The minimum atomic E-state index is 0.636. The normalized spacial score (nSPS) is 11.7. The molecule has 4 aromatic heterocycles. The highest BCUT2D eigenvalue weighted by atomic mass is 16.3. The van der Waals surface area contributed by atoms with Gasteiger partial charge >= 0.3 is 0 Å². The van der Waals surface area contributed by atoms with Gasteiger partial charge in [-0.05, 0) is 206 Å². The molecule has 0 spiro atoms. The molecule has 5 heteroatoms. The lowest BCUT2D eigenvalue weighted by atomic mass is 9.86.